The Morgan fingerprint density at radius 1 is 1.53 bits per heavy atom. The van der Waals surface area contributed by atoms with Crippen molar-refractivity contribution in [3.63, 3.8) is 0 Å². The van der Waals surface area contributed by atoms with Crippen LogP contribution in [0, 0.1) is 0 Å². The molecule has 0 saturated heterocycles. The Kier molecular flexibility index (Phi) is 6.44. The van der Waals surface area contributed by atoms with Crippen molar-refractivity contribution in [2.45, 2.75) is 6.42 Å². The van der Waals surface area contributed by atoms with Gasteiger partial charge in [-0.1, -0.05) is 0 Å². The molecule has 1 rings (SSSR count). The molecule has 5 heteroatoms. The molecule has 0 aliphatic carbocycles. The molecule has 1 N–H and O–H groups in total. The fraction of sp³-hybridized carbons (Fsp3) is 0.417. The molecule has 0 aromatic heterocycles. The number of methoxy groups -OCH3 is 1. The lowest BCUT2D eigenvalue weighted by molar-refractivity contribution is 0.0953. The molecule has 0 atom stereocenters. The van der Waals surface area contributed by atoms with E-state index in [-0.39, 0.29) is 5.91 Å². The van der Waals surface area contributed by atoms with Crippen LogP contribution in [0.2, 0.25) is 0 Å². The van der Waals surface area contributed by atoms with Crippen molar-refractivity contribution in [1.29, 1.82) is 0 Å². The minimum atomic E-state index is -0.0468. The van der Waals surface area contributed by atoms with Crippen LogP contribution in [-0.4, -0.2) is 31.6 Å². The number of nitrogens with one attached hydrogen (secondary N) is 1. The molecule has 0 spiro atoms. The van der Waals surface area contributed by atoms with Gasteiger partial charge in [0.05, 0.1) is 11.6 Å². The summed E-state index contributed by atoms with van der Waals surface area (Å²) in [6.07, 6.45) is 3.05. The van der Waals surface area contributed by atoms with Gasteiger partial charge in [-0.25, -0.2) is 0 Å². The van der Waals surface area contributed by atoms with E-state index >= 15 is 0 Å². The summed E-state index contributed by atoms with van der Waals surface area (Å²) >= 11 is 5.14. The minimum Gasteiger partial charge on any atom is -0.496 e. The van der Waals surface area contributed by atoms with Crippen molar-refractivity contribution < 1.29 is 9.53 Å². The Morgan fingerprint density at radius 3 is 2.88 bits per heavy atom. The van der Waals surface area contributed by atoms with Crippen molar-refractivity contribution in [2.75, 3.05) is 25.7 Å². The maximum atomic E-state index is 11.8. The number of benzene rings is 1. The summed E-state index contributed by atoms with van der Waals surface area (Å²) < 4.78 is 5.90. The van der Waals surface area contributed by atoms with E-state index in [2.05, 4.69) is 27.5 Å². The summed E-state index contributed by atoms with van der Waals surface area (Å²) in [6.45, 7) is 0.712. The van der Waals surface area contributed by atoms with Gasteiger partial charge in [-0.3, -0.25) is 4.79 Å². The van der Waals surface area contributed by atoms with Gasteiger partial charge < -0.3 is 10.1 Å². The van der Waals surface area contributed by atoms with Crippen molar-refractivity contribution in [3.8, 4) is 5.75 Å². The van der Waals surface area contributed by atoms with E-state index in [1.807, 2.05) is 0 Å². The quantitative estimate of drug-likeness (QED) is 0.820. The third kappa shape index (κ3) is 4.60. The van der Waals surface area contributed by atoms with E-state index in [0.29, 0.717) is 12.1 Å². The average molecular weight is 318 g/mol. The highest BCUT2D eigenvalue weighted by atomic mass is 79.9. The highest BCUT2D eigenvalue weighted by Gasteiger charge is 2.07. The van der Waals surface area contributed by atoms with Gasteiger partial charge in [-0.05, 0) is 52.6 Å². The van der Waals surface area contributed by atoms with Crippen molar-refractivity contribution in [3.05, 3.63) is 28.2 Å². The highest BCUT2D eigenvalue weighted by Crippen LogP contribution is 2.25. The van der Waals surface area contributed by atoms with Crippen LogP contribution in [0.3, 0.4) is 0 Å². The second-order valence-corrected chi connectivity index (χ2v) is 5.29. The van der Waals surface area contributed by atoms with Crippen LogP contribution in [0.5, 0.6) is 5.75 Å². The van der Waals surface area contributed by atoms with E-state index in [1.165, 1.54) is 0 Å². The number of ether oxygens (including phenoxy) is 1. The SMILES string of the molecule is COc1ccc(C(=O)NCCCSC)cc1Br. The standard InChI is InChI=1S/C12H16BrNO2S/c1-16-11-5-4-9(8-10(11)13)12(15)14-6-3-7-17-2/h4-5,8H,3,6-7H2,1-2H3,(H,14,15). The first-order valence-corrected chi connectivity index (χ1v) is 7.48. The number of halogens is 1. The maximum absolute atomic E-state index is 11.8. The molecule has 1 aromatic rings. The summed E-state index contributed by atoms with van der Waals surface area (Å²) in [5.41, 5.74) is 0.641. The number of hydrogen-bond donors (Lipinski definition) is 1. The predicted molar refractivity (Wildman–Crippen MR) is 76.0 cm³/mol. The molecule has 0 fully saturated rings. The Balaban J connectivity index is 2.54. The summed E-state index contributed by atoms with van der Waals surface area (Å²) in [6, 6.07) is 5.30. The Morgan fingerprint density at radius 2 is 2.29 bits per heavy atom. The zero-order valence-corrected chi connectivity index (χ0v) is 12.4. The molecule has 0 saturated carbocycles. The fourth-order valence-electron chi connectivity index (χ4n) is 1.33. The Hall–Kier alpha value is -0.680. The topological polar surface area (TPSA) is 38.3 Å². The van der Waals surface area contributed by atoms with Crippen molar-refractivity contribution in [2.24, 2.45) is 0 Å². The Labute approximate surface area is 114 Å². The number of carbonyl (C=O) groups is 1. The molecule has 1 amide bonds. The molecular weight excluding hydrogens is 302 g/mol. The smallest absolute Gasteiger partial charge is 0.251 e. The van der Waals surface area contributed by atoms with Crippen LogP contribution in [-0.2, 0) is 0 Å². The number of hydrogen-bond acceptors (Lipinski definition) is 3. The average Bonchev–Trinajstić information content (AvgIpc) is 2.34. The number of amides is 1. The first kappa shape index (κ1) is 14.4. The van der Waals surface area contributed by atoms with E-state index < -0.39 is 0 Å². The summed E-state index contributed by atoms with van der Waals surface area (Å²) in [4.78, 5) is 11.8. The van der Waals surface area contributed by atoms with Gasteiger partial charge in [-0.2, -0.15) is 11.8 Å². The number of thioether (sulfide) groups is 1. The third-order valence-corrected chi connectivity index (χ3v) is 3.54. The number of carbonyl (C=O) groups excluding carboxylic acids is 1. The molecule has 0 aliphatic heterocycles. The van der Waals surface area contributed by atoms with Gasteiger partial charge in [0.2, 0.25) is 0 Å². The lowest BCUT2D eigenvalue weighted by atomic mass is 10.2. The third-order valence-electron chi connectivity index (χ3n) is 2.22. The molecule has 0 unspecified atom stereocenters. The second kappa shape index (κ2) is 7.61. The van der Waals surface area contributed by atoms with Gasteiger partial charge in [0.15, 0.2) is 0 Å². The van der Waals surface area contributed by atoms with Gasteiger partial charge in [-0.15, -0.1) is 0 Å². The van der Waals surface area contributed by atoms with Gasteiger partial charge >= 0.3 is 0 Å². The molecule has 3 nitrogen and oxygen atoms in total. The summed E-state index contributed by atoms with van der Waals surface area (Å²) in [7, 11) is 1.60. The monoisotopic (exact) mass is 317 g/mol. The van der Waals surface area contributed by atoms with Gasteiger partial charge in [0.25, 0.3) is 5.91 Å². The van der Waals surface area contributed by atoms with E-state index in [9.17, 15) is 4.79 Å². The molecule has 17 heavy (non-hydrogen) atoms. The first-order chi connectivity index (χ1) is 8.19. The van der Waals surface area contributed by atoms with E-state index in [0.717, 1.165) is 22.4 Å². The second-order valence-electron chi connectivity index (χ2n) is 3.45. The zero-order chi connectivity index (χ0) is 12.7. The van der Waals surface area contributed by atoms with Crippen LogP contribution in [0.4, 0.5) is 0 Å². The molecule has 0 radical (unpaired) electrons. The lowest BCUT2D eigenvalue weighted by Gasteiger charge is -2.07. The molecule has 1 aromatic carbocycles. The van der Waals surface area contributed by atoms with Crippen LogP contribution < -0.4 is 10.1 Å². The van der Waals surface area contributed by atoms with Crippen LogP contribution in [0.1, 0.15) is 16.8 Å². The minimum absolute atomic E-state index is 0.0468. The normalized spacial score (nSPS) is 10.1. The zero-order valence-electron chi connectivity index (χ0n) is 9.96. The lowest BCUT2D eigenvalue weighted by Crippen LogP contribution is -2.24. The van der Waals surface area contributed by atoms with E-state index in [1.54, 1.807) is 37.1 Å². The van der Waals surface area contributed by atoms with Gasteiger partial charge in [0, 0.05) is 12.1 Å². The van der Waals surface area contributed by atoms with Crippen LogP contribution in [0.25, 0.3) is 0 Å². The highest BCUT2D eigenvalue weighted by molar-refractivity contribution is 9.10. The molecule has 0 bridgehead atoms. The molecule has 0 heterocycles. The van der Waals surface area contributed by atoms with Crippen molar-refractivity contribution in [1.82, 2.24) is 5.32 Å². The van der Waals surface area contributed by atoms with Crippen molar-refractivity contribution >= 4 is 33.6 Å². The fourth-order valence-corrected chi connectivity index (χ4v) is 2.30. The van der Waals surface area contributed by atoms with Crippen LogP contribution >= 0.6 is 27.7 Å². The maximum Gasteiger partial charge on any atom is 0.251 e. The molecule has 0 aliphatic rings. The van der Waals surface area contributed by atoms with Crippen LogP contribution in [0.15, 0.2) is 22.7 Å². The molecule has 94 valence electrons. The van der Waals surface area contributed by atoms with Gasteiger partial charge in [0.1, 0.15) is 5.75 Å². The summed E-state index contributed by atoms with van der Waals surface area (Å²) in [5, 5.41) is 2.88. The number of rotatable bonds is 6. The predicted octanol–water partition coefficient (Wildman–Crippen LogP) is 2.94. The Bertz CT molecular complexity index is 385. The molecular formula is C12H16BrNO2S. The van der Waals surface area contributed by atoms with E-state index in [4.69, 9.17) is 4.74 Å². The first-order valence-electron chi connectivity index (χ1n) is 5.29. The largest absolute Gasteiger partial charge is 0.496 e. The summed E-state index contributed by atoms with van der Waals surface area (Å²) in [5.74, 6) is 1.74.